The summed E-state index contributed by atoms with van der Waals surface area (Å²) in [5.41, 5.74) is 0. The van der Waals surface area contributed by atoms with Gasteiger partial charge in [-0.3, -0.25) is 9.59 Å². The molecule has 102 valence electrons. The first-order chi connectivity index (χ1) is 8.69. The summed E-state index contributed by atoms with van der Waals surface area (Å²) in [6.45, 7) is 5.14. The van der Waals surface area contributed by atoms with Gasteiger partial charge in [-0.2, -0.15) is 0 Å². The van der Waals surface area contributed by atoms with Gasteiger partial charge in [0.05, 0.1) is 6.61 Å². The van der Waals surface area contributed by atoms with E-state index in [1.54, 1.807) is 6.92 Å². The molecular weight excluding hydrogens is 238 g/mol. The summed E-state index contributed by atoms with van der Waals surface area (Å²) in [6.07, 6.45) is 2.04. The molecule has 1 amide bonds. The normalized spacial score (nSPS) is 14.0. The zero-order valence-corrected chi connectivity index (χ0v) is 10.8. The van der Waals surface area contributed by atoms with Crippen LogP contribution in [0.25, 0.3) is 0 Å². The fraction of sp³-hybridized carbons (Fsp3) is 0.667. The number of rotatable bonds is 6. The van der Waals surface area contributed by atoms with Crippen molar-refractivity contribution in [3.63, 3.8) is 0 Å². The van der Waals surface area contributed by atoms with Crippen LogP contribution < -0.4 is 0 Å². The number of hydrogen-bond donors (Lipinski definition) is 0. The third-order valence-electron chi connectivity index (χ3n) is 2.27. The highest BCUT2D eigenvalue weighted by molar-refractivity contribution is 5.93. The summed E-state index contributed by atoms with van der Waals surface area (Å²) in [6, 6.07) is 0. The van der Waals surface area contributed by atoms with Gasteiger partial charge in [0.2, 0.25) is 5.76 Å². The van der Waals surface area contributed by atoms with Crippen molar-refractivity contribution in [1.82, 2.24) is 4.90 Å². The van der Waals surface area contributed by atoms with Gasteiger partial charge in [0.15, 0.2) is 0 Å². The number of hydrogen-bond acceptors (Lipinski definition) is 5. The molecule has 0 spiro atoms. The molecule has 0 N–H and O–H groups in total. The Hall–Kier alpha value is -1.72. The minimum Gasteiger partial charge on any atom is -0.494 e. The van der Waals surface area contributed by atoms with Gasteiger partial charge in [-0.15, -0.1) is 0 Å². The highest BCUT2D eigenvalue weighted by atomic mass is 16.6. The van der Waals surface area contributed by atoms with E-state index in [9.17, 15) is 9.59 Å². The molecule has 0 aliphatic carbocycles. The van der Waals surface area contributed by atoms with Crippen LogP contribution in [0.3, 0.4) is 0 Å². The summed E-state index contributed by atoms with van der Waals surface area (Å²) in [7, 11) is 0. The third-order valence-corrected chi connectivity index (χ3v) is 2.27. The predicted molar refractivity (Wildman–Crippen MR) is 63.5 cm³/mol. The molecule has 1 aliphatic heterocycles. The molecule has 0 bridgehead atoms. The Morgan fingerprint density at radius 2 is 2.17 bits per heavy atom. The first-order valence-corrected chi connectivity index (χ1v) is 6.08. The third kappa shape index (κ3) is 4.27. The molecular formula is C12H19NO5. The molecule has 0 aromatic rings. The Kier molecular flexibility index (Phi) is 6.04. The largest absolute Gasteiger partial charge is 0.494 e. The second kappa shape index (κ2) is 7.58. The van der Waals surface area contributed by atoms with Crippen LogP contribution in [0, 0.1) is 0 Å². The average molecular weight is 257 g/mol. The van der Waals surface area contributed by atoms with Crippen molar-refractivity contribution in [1.29, 1.82) is 0 Å². The van der Waals surface area contributed by atoms with Crippen LogP contribution in [-0.4, -0.2) is 49.7 Å². The van der Waals surface area contributed by atoms with Gasteiger partial charge in [0.25, 0.3) is 5.91 Å². The van der Waals surface area contributed by atoms with Crippen LogP contribution >= 0.6 is 0 Å². The summed E-state index contributed by atoms with van der Waals surface area (Å²) in [5, 5.41) is 0. The monoisotopic (exact) mass is 257 g/mol. The second-order valence-electron chi connectivity index (χ2n) is 3.73. The van der Waals surface area contributed by atoms with Gasteiger partial charge in [-0.1, -0.05) is 6.92 Å². The number of esters is 1. The molecule has 0 saturated carbocycles. The maximum atomic E-state index is 12.1. The maximum Gasteiger partial charge on any atom is 0.325 e. The van der Waals surface area contributed by atoms with Crippen molar-refractivity contribution in [2.75, 3.05) is 32.9 Å². The standard InChI is InChI=1S/C12H19NO5/c1-3-5-13(8-11(14)17-4-2)12(15)10-9-16-6-7-18-10/h9H,3-8H2,1-2H3. The highest BCUT2D eigenvalue weighted by Gasteiger charge is 2.23. The fourth-order valence-electron chi connectivity index (χ4n) is 1.52. The van der Waals surface area contributed by atoms with E-state index in [2.05, 4.69) is 0 Å². The number of nitrogens with zero attached hydrogens (tertiary/aromatic N) is 1. The smallest absolute Gasteiger partial charge is 0.325 e. The Balaban J connectivity index is 2.62. The van der Waals surface area contributed by atoms with Crippen molar-refractivity contribution in [3.8, 4) is 0 Å². The van der Waals surface area contributed by atoms with Crippen LogP contribution in [-0.2, 0) is 23.8 Å². The molecule has 6 heteroatoms. The molecule has 0 radical (unpaired) electrons. The minimum atomic E-state index is -0.420. The quantitative estimate of drug-likeness (QED) is 0.655. The van der Waals surface area contributed by atoms with Crippen LogP contribution in [0.4, 0.5) is 0 Å². The van der Waals surface area contributed by atoms with Crippen molar-refractivity contribution >= 4 is 11.9 Å². The Morgan fingerprint density at radius 3 is 2.72 bits per heavy atom. The van der Waals surface area contributed by atoms with Crippen LogP contribution in [0.15, 0.2) is 12.0 Å². The molecule has 1 rings (SSSR count). The zero-order valence-electron chi connectivity index (χ0n) is 10.8. The molecule has 1 heterocycles. The number of carbonyl (C=O) groups is 2. The van der Waals surface area contributed by atoms with Crippen LogP contribution in [0.5, 0.6) is 0 Å². The van der Waals surface area contributed by atoms with Crippen molar-refractivity contribution in [3.05, 3.63) is 12.0 Å². The van der Waals surface area contributed by atoms with Gasteiger partial charge in [0, 0.05) is 6.54 Å². The summed E-state index contributed by atoms with van der Waals surface area (Å²) >= 11 is 0. The highest BCUT2D eigenvalue weighted by Crippen LogP contribution is 2.09. The Morgan fingerprint density at radius 1 is 1.39 bits per heavy atom. The summed E-state index contributed by atoms with van der Waals surface area (Å²) in [4.78, 5) is 24.9. The van der Waals surface area contributed by atoms with Gasteiger partial charge in [-0.25, -0.2) is 0 Å². The van der Waals surface area contributed by atoms with Crippen LogP contribution in [0.2, 0.25) is 0 Å². The molecule has 18 heavy (non-hydrogen) atoms. The number of carbonyl (C=O) groups excluding carboxylic acids is 2. The van der Waals surface area contributed by atoms with Gasteiger partial charge >= 0.3 is 5.97 Å². The summed E-state index contributed by atoms with van der Waals surface area (Å²) in [5.74, 6) is -0.625. The maximum absolute atomic E-state index is 12.1. The average Bonchev–Trinajstić information content (AvgIpc) is 2.39. The number of amides is 1. The summed E-state index contributed by atoms with van der Waals surface area (Å²) < 4.78 is 15.1. The molecule has 0 aromatic carbocycles. The van der Waals surface area contributed by atoms with E-state index in [0.29, 0.717) is 26.4 Å². The molecule has 0 aromatic heterocycles. The predicted octanol–water partition coefficient (Wildman–Crippen LogP) is 0.676. The first-order valence-electron chi connectivity index (χ1n) is 6.08. The molecule has 0 unspecified atom stereocenters. The van der Waals surface area contributed by atoms with E-state index in [4.69, 9.17) is 14.2 Å². The van der Waals surface area contributed by atoms with Crippen molar-refractivity contribution in [2.24, 2.45) is 0 Å². The molecule has 1 aliphatic rings. The van der Waals surface area contributed by atoms with Crippen molar-refractivity contribution < 1.29 is 23.8 Å². The van der Waals surface area contributed by atoms with E-state index in [0.717, 1.165) is 6.42 Å². The van der Waals surface area contributed by atoms with E-state index in [1.807, 2.05) is 6.92 Å². The fourth-order valence-corrected chi connectivity index (χ4v) is 1.52. The Bertz CT molecular complexity index is 326. The van der Waals surface area contributed by atoms with Crippen molar-refractivity contribution in [2.45, 2.75) is 20.3 Å². The topological polar surface area (TPSA) is 65.1 Å². The van der Waals surface area contributed by atoms with E-state index >= 15 is 0 Å². The number of ether oxygens (including phenoxy) is 3. The van der Waals surface area contributed by atoms with Gasteiger partial charge in [-0.05, 0) is 13.3 Å². The molecule has 0 fully saturated rings. The first kappa shape index (κ1) is 14.3. The molecule has 6 nitrogen and oxygen atoms in total. The Labute approximate surface area is 106 Å². The van der Waals surface area contributed by atoms with Gasteiger partial charge in [0.1, 0.15) is 26.0 Å². The van der Waals surface area contributed by atoms with Crippen LogP contribution in [0.1, 0.15) is 20.3 Å². The van der Waals surface area contributed by atoms with E-state index < -0.39 is 5.97 Å². The lowest BCUT2D eigenvalue weighted by Gasteiger charge is -2.23. The lowest BCUT2D eigenvalue weighted by molar-refractivity contribution is -0.149. The van der Waals surface area contributed by atoms with E-state index in [1.165, 1.54) is 11.2 Å². The van der Waals surface area contributed by atoms with E-state index in [-0.39, 0.29) is 18.2 Å². The molecule has 0 saturated heterocycles. The minimum absolute atomic E-state index is 0.0682. The van der Waals surface area contributed by atoms with Gasteiger partial charge < -0.3 is 19.1 Å². The SMILES string of the molecule is CCCN(CC(=O)OCC)C(=O)C1=COCCO1. The zero-order chi connectivity index (χ0) is 13.4. The lowest BCUT2D eigenvalue weighted by Crippen LogP contribution is -2.39. The lowest BCUT2D eigenvalue weighted by atomic mass is 10.3. The second-order valence-corrected chi connectivity index (χ2v) is 3.73. The molecule has 0 atom stereocenters.